The number of rotatable bonds is 9. The maximum atomic E-state index is 13.6. The Balaban J connectivity index is 1.90. The fraction of sp³-hybridized carbons (Fsp3) is 0.231. The third kappa shape index (κ3) is 6.88. The molecule has 0 heterocycles. The summed E-state index contributed by atoms with van der Waals surface area (Å²) < 4.78 is 41.5. The molecule has 0 saturated carbocycles. The van der Waals surface area contributed by atoms with Gasteiger partial charge in [-0.2, -0.15) is 5.26 Å². The van der Waals surface area contributed by atoms with Crippen molar-refractivity contribution in [2.75, 3.05) is 31.9 Å². The van der Waals surface area contributed by atoms with Gasteiger partial charge in [0.05, 0.1) is 16.5 Å². The molecule has 3 aromatic rings. The molecular formula is C26H27FN4O3S. The van der Waals surface area contributed by atoms with Crippen molar-refractivity contribution in [1.82, 2.24) is 9.80 Å². The number of hydrogen-bond acceptors (Lipinski definition) is 5. The maximum Gasteiger partial charge on any atom is 0.261 e. The minimum Gasteiger partial charge on any atom is -0.333 e. The first-order valence-corrected chi connectivity index (χ1v) is 12.4. The molecule has 1 amide bonds. The van der Waals surface area contributed by atoms with Crippen molar-refractivity contribution < 1.29 is 17.6 Å². The van der Waals surface area contributed by atoms with Crippen LogP contribution in [0.15, 0.2) is 71.6 Å². The van der Waals surface area contributed by atoms with E-state index in [2.05, 4.69) is 10.8 Å². The van der Waals surface area contributed by atoms with Gasteiger partial charge in [0.2, 0.25) is 0 Å². The number of sulfonamides is 1. The van der Waals surface area contributed by atoms with E-state index in [0.717, 1.165) is 17.7 Å². The first kappa shape index (κ1) is 25.9. The minimum absolute atomic E-state index is 0.0679. The van der Waals surface area contributed by atoms with Crippen LogP contribution in [-0.4, -0.2) is 51.3 Å². The fourth-order valence-corrected chi connectivity index (χ4v) is 4.46. The summed E-state index contributed by atoms with van der Waals surface area (Å²) in [6.45, 7) is 3.10. The van der Waals surface area contributed by atoms with Gasteiger partial charge in [-0.25, -0.2) is 12.8 Å². The lowest BCUT2D eigenvalue weighted by atomic mass is 10.1. The molecule has 9 heteroatoms. The summed E-state index contributed by atoms with van der Waals surface area (Å²) in [5, 5.41) is 9.03. The molecule has 0 aliphatic carbocycles. The molecule has 0 radical (unpaired) electrons. The fourth-order valence-electron chi connectivity index (χ4n) is 3.38. The third-order valence-corrected chi connectivity index (χ3v) is 6.79. The van der Waals surface area contributed by atoms with Crippen molar-refractivity contribution in [2.45, 2.75) is 18.4 Å². The Morgan fingerprint density at radius 1 is 1.00 bits per heavy atom. The number of carbonyl (C=O) groups is 1. The van der Waals surface area contributed by atoms with Crippen LogP contribution in [0.25, 0.3) is 0 Å². The van der Waals surface area contributed by atoms with E-state index in [4.69, 9.17) is 5.26 Å². The van der Waals surface area contributed by atoms with Crippen molar-refractivity contribution in [1.29, 1.82) is 5.26 Å². The number of likely N-dealkylation sites (N-methyl/N-ethyl adjacent to an activating group) is 1. The molecular weight excluding hydrogens is 467 g/mol. The smallest absolute Gasteiger partial charge is 0.261 e. The number of amides is 1. The SMILES string of the molecule is Cc1ccc(S(=O)(=O)Nc2ccc(F)cc2)cc1C(=O)N(CCN(C)C)Cc1ccc(C#N)cc1. The first-order chi connectivity index (χ1) is 16.6. The average molecular weight is 495 g/mol. The van der Waals surface area contributed by atoms with Crippen LogP contribution in [0.4, 0.5) is 10.1 Å². The van der Waals surface area contributed by atoms with Crippen LogP contribution in [0, 0.1) is 24.1 Å². The largest absolute Gasteiger partial charge is 0.333 e. The summed E-state index contributed by atoms with van der Waals surface area (Å²) in [7, 11) is -0.186. The summed E-state index contributed by atoms with van der Waals surface area (Å²) in [6, 6.07) is 18.4. The lowest BCUT2D eigenvalue weighted by Gasteiger charge is -2.25. The normalized spacial score (nSPS) is 11.2. The van der Waals surface area contributed by atoms with Gasteiger partial charge in [-0.15, -0.1) is 0 Å². The van der Waals surface area contributed by atoms with Gasteiger partial charge in [0.1, 0.15) is 5.82 Å². The summed E-state index contributed by atoms with van der Waals surface area (Å²) in [4.78, 5) is 17.1. The molecule has 0 fully saturated rings. The molecule has 35 heavy (non-hydrogen) atoms. The van der Waals surface area contributed by atoms with Gasteiger partial charge in [-0.3, -0.25) is 9.52 Å². The second-order valence-corrected chi connectivity index (χ2v) is 10.1. The van der Waals surface area contributed by atoms with Gasteiger partial charge in [0.25, 0.3) is 15.9 Å². The average Bonchev–Trinajstić information content (AvgIpc) is 2.83. The highest BCUT2D eigenvalue weighted by molar-refractivity contribution is 7.92. The number of carbonyl (C=O) groups excluding carboxylic acids is 1. The number of aryl methyl sites for hydroxylation is 1. The number of anilines is 1. The number of halogens is 1. The molecule has 1 N–H and O–H groups in total. The van der Waals surface area contributed by atoms with Gasteiger partial charge in [-0.1, -0.05) is 18.2 Å². The molecule has 182 valence electrons. The molecule has 0 aliphatic heterocycles. The van der Waals surface area contributed by atoms with E-state index < -0.39 is 15.8 Å². The van der Waals surface area contributed by atoms with Crippen LogP contribution in [-0.2, 0) is 16.6 Å². The zero-order chi connectivity index (χ0) is 25.6. The molecule has 0 bridgehead atoms. The number of nitrogens with one attached hydrogen (secondary N) is 1. The van der Waals surface area contributed by atoms with Crippen LogP contribution in [0.3, 0.4) is 0 Å². The highest BCUT2D eigenvalue weighted by atomic mass is 32.2. The van der Waals surface area contributed by atoms with Crippen LogP contribution >= 0.6 is 0 Å². The van der Waals surface area contributed by atoms with Crippen molar-refractivity contribution >= 4 is 21.6 Å². The number of nitriles is 1. The Kier molecular flexibility index (Phi) is 8.22. The van der Waals surface area contributed by atoms with Gasteiger partial charge in [-0.05, 0) is 80.7 Å². The molecule has 0 atom stereocenters. The molecule has 0 unspecified atom stereocenters. The lowest BCUT2D eigenvalue weighted by molar-refractivity contribution is 0.0731. The summed E-state index contributed by atoms with van der Waals surface area (Å²) >= 11 is 0. The van der Waals surface area contributed by atoms with E-state index in [1.54, 1.807) is 42.2 Å². The molecule has 0 aromatic heterocycles. The number of hydrogen-bond donors (Lipinski definition) is 1. The Bertz CT molecular complexity index is 1330. The monoisotopic (exact) mass is 494 g/mol. The predicted molar refractivity (Wildman–Crippen MR) is 133 cm³/mol. The maximum absolute atomic E-state index is 13.6. The summed E-state index contributed by atoms with van der Waals surface area (Å²) in [5.74, 6) is -0.774. The molecule has 3 rings (SSSR count). The van der Waals surface area contributed by atoms with E-state index in [0.29, 0.717) is 30.8 Å². The highest BCUT2D eigenvalue weighted by Crippen LogP contribution is 2.22. The standard InChI is InChI=1S/C26H27FN4O3S/c1-19-4-13-24(35(33,34)29-23-11-9-22(27)10-12-23)16-25(19)26(32)31(15-14-30(2)3)18-21-7-5-20(17-28)6-8-21/h4-13,16,29H,14-15,18H2,1-3H3. The summed E-state index contributed by atoms with van der Waals surface area (Å²) in [6.07, 6.45) is 0. The van der Waals surface area contributed by atoms with Crippen LogP contribution in [0.5, 0.6) is 0 Å². The molecule has 0 spiro atoms. The third-order valence-electron chi connectivity index (χ3n) is 5.41. The zero-order valence-corrected chi connectivity index (χ0v) is 20.6. The van der Waals surface area contributed by atoms with Crippen molar-refractivity contribution in [3.05, 3.63) is 94.8 Å². The van der Waals surface area contributed by atoms with Crippen LogP contribution in [0.2, 0.25) is 0 Å². The quantitative estimate of drug-likeness (QED) is 0.485. The summed E-state index contributed by atoms with van der Waals surface area (Å²) in [5.41, 5.74) is 2.52. The molecule has 0 aliphatic rings. The molecule has 0 saturated heterocycles. The van der Waals surface area contributed by atoms with Crippen LogP contribution in [0.1, 0.15) is 27.0 Å². The van der Waals surface area contributed by atoms with Gasteiger partial charge in [0.15, 0.2) is 0 Å². The Morgan fingerprint density at radius 3 is 2.26 bits per heavy atom. The second kappa shape index (κ2) is 11.1. The predicted octanol–water partition coefficient (Wildman–Crippen LogP) is 4.01. The molecule has 3 aromatic carbocycles. The van der Waals surface area contributed by atoms with Gasteiger partial charge in [0, 0.05) is 30.9 Å². The number of nitrogens with zero attached hydrogens (tertiary/aromatic N) is 3. The van der Waals surface area contributed by atoms with E-state index in [-0.39, 0.29) is 22.1 Å². The van der Waals surface area contributed by atoms with Crippen molar-refractivity contribution in [3.8, 4) is 6.07 Å². The first-order valence-electron chi connectivity index (χ1n) is 10.9. The lowest BCUT2D eigenvalue weighted by Crippen LogP contribution is -2.36. The number of benzene rings is 3. The van der Waals surface area contributed by atoms with E-state index in [1.165, 1.54) is 24.3 Å². The van der Waals surface area contributed by atoms with E-state index >= 15 is 0 Å². The van der Waals surface area contributed by atoms with Gasteiger partial charge < -0.3 is 9.80 Å². The van der Waals surface area contributed by atoms with Gasteiger partial charge >= 0.3 is 0 Å². The zero-order valence-electron chi connectivity index (χ0n) is 19.8. The Hall–Kier alpha value is -3.74. The van der Waals surface area contributed by atoms with E-state index in [9.17, 15) is 17.6 Å². The van der Waals surface area contributed by atoms with Crippen LogP contribution < -0.4 is 4.72 Å². The van der Waals surface area contributed by atoms with Crippen molar-refractivity contribution in [2.24, 2.45) is 0 Å². The minimum atomic E-state index is -4.00. The Labute approximate surface area is 205 Å². The molecule has 7 nitrogen and oxygen atoms in total. The van der Waals surface area contributed by atoms with E-state index in [1.807, 2.05) is 19.0 Å². The topological polar surface area (TPSA) is 93.5 Å². The highest BCUT2D eigenvalue weighted by Gasteiger charge is 2.22. The van der Waals surface area contributed by atoms with Crippen molar-refractivity contribution in [3.63, 3.8) is 0 Å². The Morgan fingerprint density at radius 2 is 1.66 bits per heavy atom. The second-order valence-electron chi connectivity index (χ2n) is 8.43.